The molecule has 1 aliphatic rings. The van der Waals surface area contributed by atoms with Gasteiger partial charge in [0.1, 0.15) is 11.5 Å². The van der Waals surface area contributed by atoms with Crippen LogP contribution in [0.15, 0.2) is 6.20 Å². The number of imidazole rings is 1. The predicted octanol–water partition coefficient (Wildman–Crippen LogP) is 1.78. The van der Waals surface area contributed by atoms with Crippen LogP contribution in [0.4, 0.5) is 0 Å². The Morgan fingerprint density at radius 1 is 1.67 bits per heavy atom. The number of methoxy groups -OCH3 is 1. The lowest BCUT2D eigenvalue weighted by Crippen LogP contribution is -2.21. The minimum atomic E-state index is -0.296. The standard InChI is InChI=1S/C11H16N2O2/c1-8-12-6-10(11(14)15-2)13(8)7-9-4-3-5-9/h6,9H,3-5,7H2,1-2H3. The largest absolute Gasteiger partial charge is 0.464 e. The summed E-state index contributed by atoms with van der Waals surface area (Å²) in [4.78, 5) is 15.6. The summed E-state index contributed by atoms with van der Waals surface area (Å²) >= 11 is 0. The van der Waals surface area contributed by atoms with Crippen LogP contribution in [-0.4, -0.2) is 22.6 Å². The molecular weight excluding hydrogens is 192 g/mol. The molecule has 15 heavy (non-hydrogen) atoms. The van der Waals surface area contributed by atoms with Crippen molar-refractivity contribution in [3.8, 4) is 0 Å². The number of ether oxygens (including phenoxy) is 1. The Balaban J connectivity index is 2.19. The maximum Gasteiger partial charge on any atom is 0.356 e. The Morgan fingerprint density at radius 2 is 2.40 bits per heavy atom. The average molecular weight is 208 g/mol. The Kier molecular flexibility index (Phi) is 2.75. The number of carbonyl (C=O) groups is 1. The van der Waals surface area contributed by atoms with Gasteiger partial charge in [-0.05, 0) is 25.7 Å². The highest BCUT2D eigenvalue weighted by Gasteiger charge is 2.22. The summed E-state index contributed by atoms with van der Waals surface area (Å²) in [5.74, 6) is 1.30. The molecule has 1 heterocycles. The first-order valence-electron chi connectivity index (χ1n) is 5.33. The molecule has 1 aliphatic carbocycles. The van der Waals surface area contributed by atoms with Crippen molar-refractivity contribution in [2.45, 2.75) is 32.7 Å². The van der Waals surface area contributed by atoms with E-state index in [1.165, 1.54) is 26.4 Å². The van der Waals surface area contributed by atoms with Crippen LogP contribution in [0.25, 0.3) is 0 Å². The highest BCUT2D eigenvalue weighted by Crippen LogP contribution is 2.28. The van der Waals surface area contributed by atoms with Gasteiger partial charge < -0.3 is 9.30 Å². The zero-order valence-electron chi connectivity index (χ0n) is 9.19. The molecular formula is C11H16N2O2. The van der Waals surface area contributed by atoms with Gasteiger partial charge in [0.2, 0.25) is 0 Å². The molecule has 1 aromatic heterocycles. The van der Waals surface area contributed by atoms with Gasteiger partial charge >= 0.3 is 5.97 Å². The third-order valence-electron chi connectivity index (χ3n) is 3.12. The molecule has 2 rings (SSSR count). The van der Waals surface area contributed by atoms with Gasteiger partial charge in [0.15, 0.2) is 0 Å². The molecule has 0 N–H and O–H groups in total. The van der Waals surface area contributed by atoms with Crippen molar-refractivity contribution >= 4 is 5.97 Å². The number of hydrogen-bond donors (Lipinski definition) is 0. The van der Waals surface area contributed by atoms with E-state index in [1.807, 2.05) is 11.5 Å². The molecule has 82 valence electrons. The second kappa shape index (κ2) is 4.04. The Bertz CT molecular complexity index is 367. The number of carbonyl (C=O) groups excluding carboxylic acids is 1. The van der Waals surface area contributed by atoms with E-state index in [0.29, 0.717) is 11.6 Å². The van der Waals surface area contributed by atoms with E-state index < -0.39 is 0 Å². The monoisotopic (exact) mass is 208 g/mol. The van der Waals surface area contributed by atoms with Crippen LogP contribution in [0.1, 0.15) is 35.6 Å². The summed E-state index contributed by atoms with van der Waals surface area (Å²) in [6, 6.07) is 0. The lowest BCUT2D eigenvalue weighted by molar-refractivity contribution is 0.0585. The number of hydrogen-bond acceptors (Lipinski definition) is 3. The summed E-state index contributed by atoms with van der Waals surface area (Å²) in [7, 11) is 1.40. The highest BCUT2D eigenvalue weighted by molar-refractivity contribution is 5.87. The van der Waals surface area contributed by atoms with Crippen molar-refractivity contribution in [3.05, 3.63) is 17.7 Å². The van der Waals surface area contributed by atoms with Gasteiger partial charge in [-0.1, -0.05) is 6.42 Å². The molecule has 0 aliphatic heterocycles. The maximum atomic E-state index is 11.5. The zero-order valence-corrected chi connectivity index (χ0v) is 9.19. The van der Waals surface area contributed by atoms with Crippen molar-refractivity contribution in [1.29, 1.82) is 0 Å². The van der Waals surface area contributed by atoms with Crippen LogP contribution >= 0.6 is 0 Å². The topological polar surface area (TPSA) is 44.1 Å². The molecule has 1 saturated carbocycles. The van der Waals surface area contributed by atoms with Gasteiger partial charge in [0.25, 0.3) is 0 Å². The van der Waals surface area contributed by atoms with E-state index in [9.17, 15) is 4.79 Å². The fraction of sp³-hybridized carbons (Fsp3) is 0.636. The fourth-order valence-corrected chi connectivity index (χ4v) is 1.90. The van der Waals surface area contributed by atoms with E-state index in [2.05, 4.69) is 4.98 Å². The van der Waals surface area contributed by atoms with E-state index in [4.69, 9.17) is 4.74 Å². The first-order valence-corrected chi connectivity index (χ1v) is 5.33. The van der Waals surface area contributed by atoms with Crippen molar-refractivity contribution in [3.63, 3.8) is 0 Å². The zero-order chi connectivity index (χ0) is 10.8. The second-order valence-corrected chi connectivity index (χ2v) is 4.09. The molecule has 0 unspecified atom stereocenters. The Morgan fingerprint density at radius 3 is 2.93 bits per heavy atom. The van der Waals surface area contributed by atoms with Crippen molar-refractivity contribution in [1.82, 2.24) is 9.55 Å². The smallest absolute Gasteiger partial charge is 0.356 e. The summed E-state index contributed by atoms with van der Waals surface area (Å²) < 4.78 is 6.69. The molecule has 0 radical (unpaired) electrons. The van der Waals surface area contributed by atoms with E-state index >= 15 is 0 Å². The van der Waals surface area contributed by atoms with Crippen LogP contribution in [0, 0.1) is 12.8 Å². The van der Waals surface area contributed by atoms with Gasteiger partial charge in [0, 0.05) is 6.54 Å². The molecule has 0 spiro atoms. The number of aromatic nitrogens is 2. The molecule has 4 heteroatoms. The molecule has 0 bridgehead atoms. The Hall–Kier alpha value is -1.32. The second-order valence-electron chi connectivity index (χ2n) is 4.09. The lowest BCUT2D eigenvalue weighted by atomic mass is 9.85. The number of rotatable bonds is 3. The summed E-state index contributed by atoms with van der Waals surface area (Å²) in [5, 5.41) is 0. The summed E-state index contributed by atoms with van der Waals surface area (Å²) in [6.45, 7) is 2.82. The molecule has 4 nitrogen and oxygen atoms in total. The molecule has 0 amide bonds. The first-order chi connectivity index (χ1) is 7.22. The van der Waals surface area contributed by atoms with Crippen LogP contribution in [0.3, 0.4) is 0 Å². The molecule has 0 atom stereocenters. The molecule has 1 aromatic rings. The van der Waals surface area contributed by atoms with E-state index in [-0.39, 0.29) is 5.97 Å². The van der Waals surface area contributed by atoms with Gasteiger partial charge in [-0.15, -0.1) is 0 Å². The minimum Gasteiger partial charge on any atom is -0.464 e. The molecule has 0 aromatic carbocycles. The Labute approximate surface area is 89.3 Å². The third-order valence-corrected chi connectivity index (χ3v) is 3.12. The summed E-state index contributed by atoms with van der Waals surface area (Å²) in [6.07, 6.45) is 5.43. The van der Waals surface area contributed by atoms with E-state index in [1.54, 1.807) is 6.20 Å². The van der Waals surface area contributed by atoms with Crippen LogP contribution in [-0.2, 0) is 11.3 Å². The van der Waals surface area contributed by atoms with Crippen LogP contribution < -0.4 is 0 Å². The van der Waals surface area contributed by atoms with Crippen molar-refractivity contribution < 1.29 is 9.53 Å². The number of nitrogens with zero attached hydrogens (tertiary/aromatic N) is 2. The average Bonchev–Trinajstić information content (AvgIpc) is 2.52. The molecule has 0 saturated heterocycles. The SMILES string of the molecule is COC(=O)c1cnc(C)n1CC1CCC1. The highest BCUT2D eigenvalue weighted by atomic mass is 16.5. The van der Waals surface area contributed by atoms with Gasteiger partial charge in [-0.2, -0.15) is 0 Å². The lowest BCUT2D eigenvalue weighted by Gasteiger charge is -2.26. The van der Waals surface area contributed by atoms with Crippen LogP contribution in [0.2, 0.25) is 0 Å². The fourth-order valence-electron chi connectivity index (χ4n) is 1.90. The van der Waals surface area contributed by atoms with Crippen molar-refractivity contribution in [2.75, 3.05) is 7.11 Å². The van der Waals surface area contributed by atoms with Gasteiger partial charge in [-0.25, -0.2) is 9.78 Å². The maximum absolute atomic E-state index is 11.5. The summed E-state index contributed by atoms with van der Waals surface area (Å²) in [5.41, 5.74) is 0.571. The minimum absolute atomic E-state index is 0.296. The third kappa shape index (κ3) is 1.89. The quantitative estimate of drug-likeness (QED) is 0.711. The number of esters is 1. The molecule has 1 fully saturated rings. The van der Waals surface area contributed by atoms with Crippen molar-refractivity contribution in [2.24, 2.45) is 5.92 Å². The van der Waals surface area contributed by atoms with Gasteiger partial charge in [-0.3, -0.25) is 0 Å². The number of aryl methyl sites for hydroxylation is 1. The van der Waals surface area contributed by atoms with Gasteiger partial charge in [0.05, 0.1) is 13.3 Å². The first kappa shape index (κ1) is 10.2. The van der Waals surface area contributed by atoms with E-state index in [0.717, 1.165) is 12.4 Å². The van der Waals surface area contributed by atoms with Crippen LogP contribution in [0.5, 0.6) is 0 Å². The predicted molar refractivity (Wildman–Crippen MR) is 55.6 cm³/mol. The normalized spacial score (nSPS) is 16.1.